The highest BCUT2D eigenvalue weighted by Crippen LogP contribution is 2.28. The first kappa shape index (κ1) is 9.19. The van der Waals surface area contributed by atoms with Crippen molar-refractivity contribution in [1.29, 1.82) is 0 Å². The van der Waals surface area contributed by atoms with Crippen molar-refractivity contribution in [2.75, 3.05) is 13.2 Å². The Morgan fingerprint density at radius 1 is 1.62 bits per heavy atom. The Labute approximate surface area is 82.6 Å². The lowest BCUT2D eigenvalue weighted by molar-refractivity contribution is 0.243. The van der Waals surface area contributed by atoms with Gasteiger partial charge in [-0.05, 0) is 47.7 Å². The van der Waals surface area contributed by atoms with Crippen LogP contribution in [0.25, 0.3) is 0 Å². The molecule has 0 amide bonds. The second-order valence-corrected chi connectivity index (χ2v) is 4.42. The second-order valence-electron chi connectivity index (χ2n) is 3.64. The highest BCUT2D eigenvalue weighted by molar-refractivity contribution is 7.07. The van der Waals surface area contributed by atoms with Gasteiger partial charge in [0.2, 0.25) is 0 Å². The monoisotopic (exact) mass is 197 g/mol. The van der Waals surface area contributed by atoms with E-state index in [1.165, 1.54) is 18.4 Å². The minimum Gasteiger partial charge on any atom is -0.394 e. The predicted molar refractivity (Wildman–Crippen MR) is 54.9 cm³/mol. The Morgan fingerprint density at radius 2 is 2.46 bits per heavy atom. The smallest absolute Gasteiger partial charge is 0.0626 e. The Hall–Kier alpha value is -0.380. The molecule has 1 aromatic rings. The van der Waals surface area contributed by atoms with Crippen molar-refractivity contribution in [1.82, 2.24) is 5.32 Å². The van der Waals surface area contributed by atoms with E-state index in [0.29, 0.717) is 0 Å². The first-order chi connectivity index (χ1) is 6.40. The van der Waals surface area contributed by atoms with Gasteiger partial charge in [0, 0.05) is 0 Å². The van der Waals surface area contributed by atoms with E-state index in [-0.39, 0.29) is 12.6 Å². The summed E-state index contributed by atoms with van der Waals surface area (Å²) in [5, 5.41) is 16.7. The van der Waals surface area contributed by atoms with Crippen LogP contribution in [0.5, 0.6) is 0 Å². The molecule has 1 aliphatic carbocycles. The number of nitrogens with one attached hydrogen (secondary N) is 1. The molecule has 3 heteroatoms. The fraction of sp³-hybridized carbons (Fsp3) is 0.600. The molecule has 1 atom stereocenters. The Balaban J connectivity index is 1.85. The summed E-state index contributed by atoms with van der Waals surface area (Å²) in [7, 11) is 0. The molecule has 1 heterocycles. The molecule has 0 spiro atoms. The van der Waals surface area contributed by atoms with E-state index in [9.17, 15) is 5.11 Å². The van der Waals surface area contributed by atoms with Crippen molar-refractivity contribution in [2.24, 2.45) is 5.92 Å². The van der Waals surface area contributed by atoms with Crippen molar-refractivity contribution in [3.8, 4) is 0 Å². The third-order valence-corrected chi connectivity index (χ3v) is 3.18. The molecule has 0 radical (unpaired) electrons. The summed E-state index contributed by atoms with van der Waals surface area (Å²) in [5.74, 6) is 0.868. The van der Waals surface area contributed by atoms with Crippen molar-refractivity contribution in [3.63, 3.8) is 0 Å². The van der Waals surface area contributed by atoms with Gasteiger partial charge in [-0.3, -0.25) is 0 Å². The highest BCUT2D eigenvalue weighted by atomic mass is 32.1. The van der Waals surface area contributed by atoms with Crippen LogP contribution in [0.2, 0.25) is 0 Å². The van der Waals surface area contributed by atoms with Crippen LogP contribution in [-0.4, -0.2) is 18.3 Å². The van der Waals surface area contributed by atoms with Gasteiger partial charge in [0.25, 0.3) is 0 Å². The van der Waals surface area contributed by atoms with E-state index in [1.807, 2.05) is 0 Å². The molecule has 0 aliphatic heterocycles. The summed E-state index contributed by atoms with van der Waals surface area (Å²) < 4.78 is 0. The van der Waals surface area contributed by atoms with E-state index < -0.39 is 0 Å². The molecule has 1 saturated carbocycles. The fourth-order valence-electron chi connectivity index (χ4n) is 1.39. The Kier molecular flexibility index (Phi) is 2.98. The SMILES string of the molecule is OCC(NCC1CC1)c1ccsc1. The molecule has 72 valence electrons. The van der Waals surface area contributed by atoms with Crippen molar-refractivity contribution in [3.05, 3.63) is 22.4 Å². The molecule has 0 bridgehead atoms. The minimum atomic E-state index is 0.145. The number of hydrogen-bond donors (Lipinski definition) is 2. The van der Waals surface area contributed by atoms with Crippen molar-refractivity contribution in [2.45, 2.75) is 18.9 Å². The number of rotatable bonds is 5. The summed E-state index contributed by atoms with van der Waals surface area (Å²) in [6.45, 7) is 1.25. The van der Waals surface area contributed by atoms with E-state index in [1.54, 1.807) is 11.3 Å². The maximum absolute atomic E-state index is 9.17. The zero-order valence-electron chi connectivity index (χ0n) is 7.57. The first-order valence-corrected chi connectivity index (χ1v) is 5.71. The Morgan fingerprint density at radius 3 is 3.00 bits per heavy atom. The topological polar surface area (TPSA) is 32.3 Å². The molecule has 2 nitrogen and oxygen atoms in total. The van der Waals surface area contributed by atoms with E-state index in [0.717, 1.165) is 12.5 Å². The largest absolute Gasteiger partial charge is 0.394 e. The summed E-state index contributed by atoms with van der Waals surface area (Å²) in [5.41, 5.74) is 1.22. The predicted octanol–water partition coefficient (Wildman–Crippen LogP) is 1.78. The molecule has 0 aromatic carbocycles. The highest BCUT2D eigenvalue weighted by Gasteiger charge is 2.22. The van der Waals surface area contributed by atoms with Gasteiger partial charge in [-0.1, -0.05) is 0 Å². The minimum absolute atomic E-state index is 0.145. The number of thiophene rings is 1. The average molecular weight is 197 g/mol. The van der Waals surface area contributed by atoms with Crippen molar-refractivity contribution >= 4 is 11.3 Å². The molecule has 1 aliphatic rings. The molecule has 1 unspecified atom stereocenters. The quantitative estimate of drug-likeness (QED) is 0.754. The van der Waals surface area contributed by atoms with Crippen LogP contribution in [0, 0.1) is 5.92 Å². The third-order valence-electron chi connectivity index (χ3n) is 2.48. The number of aliphatic hydroxyl groups is 1. The molecular weight excluding hydrogens is 182 g/mol. The lowest BCUT2D eigenvalue weighted by Crippen LogP contribution is -2.25. The van der Waals surface area contributed by atoms with E-state index in [2.05, 4.69) is 22.1 Å². The first-order valence-electron chi connectivity index (χ1n) is 4.76. The Bertz CT molecular complexity index is 243. The fourth-order valence-corrected chi connectivity index (χ4v) is 2.11. The van der Waals surface area contributed by atoms with Crippen LogP contribution in [0.3, 0.4) is 0 Å². The molecular formula is C10H15NOS. The maximum atomic E-state index is 9.17. The van der Waals surface area contributed by atoms with E-state index >= 15 is 0 Å². The zero-order chi connectivity index (χ0) is 9.10. The van der Waals surface area contributed by atoms with Gasteiger partial charge >= 0.3 is 0 Å². The number of hydrogen-bond acceptors (Lipinski definition) is 3. The molecule has 1 aromatic heterocycles. The normalized spacial score (nSPS) is 18.8. The van der Waals surface area contributed by atoms with Crippen LogP contribution in [-0.2, 0) is 0 Å². The van der Waals surface area contributed by atoms with Gasteiger partial charge in [-0.15, -0.1) is 0 Å². The third kappa shape index (κ3) is 2.53. The van der Waals surface area contributed by atoms with Crippen LogP contribution in [0.1, 0.15) is 24.4 Å². The molecule has 13 heavy (non-hydrogen) atoms. The standard InChI is InChI=1S/C10H15NOS/c12-6-10(9-3-4-13-7-9)11-5-8-1-2-8/h3-4,7-8,10-12H,1-2,5-6H2. The maximum Gasteiger partial charge on any atom is 0.0626 e. The van der Waals surface area contributed by atoms with Gasteiger partial charge in [0.15, 0.2) is 0 Å². The van der Waals surface area contributed by atoms with Gasteiger partial charge in [-0.2, -0.15) is 11.3 Å². The van der Waals surface area contributed by atoms with Gasteiger partial charge in [-0.25, -0.2) is 0 Å². The lowest BCUT2D eigenvalue weighted by Gasteiger charge is -2.14. The van der Waals surface area contributed by atoms with Crippen LogP contribution in [0.4, 0.5) is 0 Å². The summed E-state index contributed by atoms with van der Waals surface area (Å²) in [6, 6.07) is 2.22. The number of aliphatic hydroxyl groups excluding tert-OH is 1. The summed E-state index contributed by atoms with van der Waals surface area (Å²) in [6.07, 6.45) is 2.71. The van der Waals surface area contributed by atoms with Gasteiger partial charge in [0.1, 0.15) is 0 Å². The van der Waals surface area contributed by atoms with Crippen LogP contribution in [0.15, 0.2) is 16.8 Å². The van der Waals surface area contributed by atoms with Crippen LogP contribution >= 0.6 is 11.3 Å². The molecule has 1 fully saturated rings. The molecule has 2 rings (SSSR count). The molecule has 0 saturated heterocycles. The summed E-state index contributed by atoms with van der Waals surface area (Å²) in [4.78, 5) is 0. The van der Waals surface area contributed by atoms with E-state index in [4.69, 9.17) is 0 Å². The van der Waals surface area contributed by atoms with Crippen LogP contribution < -0.4 is 5.32 Å². The zero-order valence-corrected chi connectivity index (χ0v) is 8.39. The van der Waals surface area contributed by atoms with Crippen molar-refractivity contribution < 1.29 is 5.11 Å². The van der Waals surface area contributed by atoms with Gasteiger partial charge < -0.3 is 10.4 Å². The van der Waals surface area contributed by atoms with Gasteiger partial charge in [0.05, 0.1) is 12.6 Å². The lowest BCUT2D eigenvalue weighted by atomic mass is 10.1. The second kappa shape index (κ2) is 4.22. The average Bonchev–Trinajstić information content (AvgIpc) is 2.81. The molecule has 2 N–H and O–H groups in total. The summed E-state index contributed by atoms with van der Waals surface area (Å²) >= 11 is 1.68.